The molecule has 0 aliphatic heterocycles. The highest BCUT2D eigenvalue weighted by molar-refractivity contribution is 8.13. The summed E-state index contributed by atoms with van der Waals surface area (Å²) >= 11 is 0. The monoisotopic (exact) mass is 258 g/mol. The minimum absolute atomic E-state index is 0.0265. The first-order valence-corrected chi connectivity index (χ1v) is 6.93. The van der Waals surface area contributed by atoms with E-state index in [-0.39, 0.29) is 12.8 Å². The molecule has 0 aromatic carbocycles. The molecular weight excluding hydrogens is 247 g/mol. The Morgan fingerprint density at radius 3 is 2.73 bits per heavy atom. The van der Waals surface area contributed by atoms with Crippen molar-refractivity contribution in [3.05, 3.63) is 0 Å². The van der Waals surface area contributed by atoms with E-state index in [0.717, 1.165) is 0 Å². The highest BCUT2D eigenvalue weighted by atomic mass is 35.7. The Morgan fingerprint density at radius 2 is 2.27 bits per heavy atom. The molecule has 0 aromatic rings. The van der Waals surface area contributed by atoms with Gasteiger partial charge in [0, 0.05) is 10.7 Å². The van der Waals surface area contributed by atoms with Gasteiger partial charge >= 0.3 is 5.97 Å². The van der Waals surface area contributed by atoms with Gasteiger partial charge in [-0.2, -0.15) is 0 Å². The SMILES string of the molecule is COC(=O)[C@@H]1CC[C@@](F)(CS(=O)(=O)Cl)C1. The second-order valence-electron chi connectivity index (χ2n) is 3.80. The van der Waals surface area contributed by atoms with E-state index in [1.54, 1.807) is 0 Å². The molecule has 4 nitrogen and oxygen atoms in total. The molecule has 88 valence electrons. The summed E-state index contributed by atoms with van der Waals surface area (Å²) in [5.41, 5.74) is -1.89. The Balaban J connectivity index is 2.65. The van der Waals surface area contributed by atoms with E-state index in [1.165, 1.54) is 7.11 Å². The van der Waals surface area contributed by atoms with E-state index >= 15 is 0 Å². The lowest BCUT2D eigenvalue weighted by molar-refractivity contribution is -0.145. The largest absolute Gasteiger partial charge is 0.469 e. The second-order valence-corrected chi connectivity index (χ2v) is 6.57. The van der Waals surface area contributed by atoms with Crippen LogP contribution in [0.5, 0.6) is 0 Å². The molecule has 2 atom stereocenters. The van der Waals surface area contributed by atoms with Crippen molar-refractivity contribution in [2.75, 3.05) is 12.9 Å². The third kappa shape index (κ3) is 3.61. The number of methoxy groups -OCH3 is 1. The Kier molecular flexibility index (Phi) is 3.60. The fourth-order valence-electron chi connectivity index (χ4n) is 1.89. The molecule has 7 heteroatoms. The van der Waals surface area contributed by atoms with Crippen LogP contribution in [-0.4, -0.2) is 32.9 Å². The first-order valence-electron chi connectivity index (χ1n) is 4.45. The summed E-state index contributed by atoms with van der Waals surface area (Å²) in [6.45, 7) is 0. The van der Waals surface area contributed by atoms with Crippen LogP contribution in [0.3, 0.4) is 0 Å². The van der Waals surface area contributed by atoms with E-state index < -0.39 is 32.4 Å². The van der Waals surface area contributed by atoms with E-state index in [0.29, 0.717) is 6.42 Å². The molecule has 0 bridgehead atoms. The van der Waals surface area contributed by atoms with Gasteiger partial charge in [-0.15, -0.1) is 0 Å². The number of rotatable bonds is 3. The Hall–Kier alpha value is -0.360. The minimum atomic E-state index is -3.88. The van der Waals surface area contributed by atoms with Gasteiger partial charge < -0.3 is 4.74 Å². The molecule has 1 rings (SSSR count). The van der Waals surface area contributed by atoms with Gasteiger partial charge in [0.05, 0.1) is 18.8 Å². The van der Waals surface area contributed by atoms with Crippen molar-refractivity contribution >= 4 is 25.7 Å². The Bertz CT molecular complexity index is 356. The first kappa shape index (κ1) is 12.7. The van der Waals surface area contributed by atoms with Crippen LogP contribution in [-0.2, 0) is 18.6 Å². The molecule has 0 radical (unpaired) electrons. The van der Waals surface area contributed by atoms with Gasteiger partial charge in [-0.3, -0.25) is 4.79 Å². The highest BCUT2D eigenvalue weighted by Gasteiger charge is 2.45. The topological polar surface area (TPSA) is 60.4 Å². The van der Waals surface area contributed by atoms with Gasteiger partial charge in [-0.1, -0.05) is 0 Å². The van der Waals surface area contributed by atoms with E-state index in [2.05, 4.69) is 4.74 Å². The van der Waals surface area contributed by atoms with Crippen LogP contribution in [0.15, 0.2) is 0 Å². The number of ether oxygens (including phenoxy) is 1. The van der Waals surface area contributed by atoms with Crippen LogP contribution in [0.25, 0.3) is 0 Å². The summed E-state index contributed by atoms with van der Waals surface area (Å²) < 4.78 is 39.8. The van der Waals surface area contributed by atoms with Crippen molar-refractivity contribution < 1.29 is 22.3 Å². The molecule has 1 aliphatic carbocycles. The standard InChI is InChI=1S/C8H12ClFO4S/c1-14-7(11)6-2-3-8(10,4-6)5-15(9,12)13/h6H,2-5H2,1H3/t6-,8+/m1/s1. The number of carbonyl (C=O) groups excluding carboxylic acids is 1. The average Bonchev–Trinajstić information content (AvgIpc) is 2.43. The molecule has 0 N–H and O–H groups in total. The zero-order chi connectivity index (χ0) is 11.7. The number of alkyl halides is 1. The van der Waals surface area contributed by atoms with Crippen LogP contribution < -0.4 is 0 Å². The quantitative estimate of drug-likeness (QED) is 0.564. The smallest absolute Gasteiger partial charge is 0.308 e. The van der Waals surface area contributed by atoms with Crippen molar-refractivity contribution in [3.63, 3.8) is 0 Å². The lowest BCUT2D eigenvalue weighted by atomic mass is 10.0. The first-order chi connectivity index (χ1) is 6.76. The summed E-state index contributed by atoms with van der Waals surface area (Å²) in [5, 5.41) is 0. The number of esters is 1. The molecule has 0 saturated heterocycles. The van der Waals surface area contributed by atoms with Gasteiger partial charge in [0.2, 0.25) is 9.05 Å². The Labute approximate surface area is 92.2 Å². The van der Waals surface area contributed by atoms with Crippen LogP contribution in [0.1, 0.15) is 19.3 Å². The summed E-state index contributed by atoms with van der Waals surface area (Å²) in [6, 6.07) is 0. The number of hydrogen-bond acceptors (Lipinski definition) is 4. The summed E-state index contributed by atoms with van der Waals surface area (Å²) in [5.74, 6) is -1.80. The molecule has 0 amide bonds. The van der Waals surface area contributed by atoms with Crippen LogP contribution in [0, 0.1) is 5.92 Å². The van der Waals surface area contributed by atoms with Crippen molar-refractivity contribution in [3.8, 4) is 0 Å². The highest BCUT2D eigenvalue weighted by Crippen LogP contribution is 2.39. The third-order valence-electron chi connectivity index (χ3n) is 2.52. The summed E-state index contributed by atoms with van der Waals surface area (Å²) in [7, 11) is 2.32. The predicted octanol–water partition coefficient (Wildman–Crippen LogP) is 1.24. The number of halogens is 2. The van der Waals surface area contributed by atoms with Gasteiger partial charge in [0.15, 0.2) is 0 Å². The normalized spacial score (nSPS) is 31.5. The van der Waals surface area contributed by atoms with E-state index in [9.17, 15) is 17.6 Å². The zero-order valence-electron chi connectivity index (χ0n) is 8.20. The van der Waals surface area contributed by atoms with Gasteiger partial charge in [-0.25, -0.2) is 12.8 Å². The van der Waals surface area contributed by atoms with Crippen LogP contribution in [0.4, 0.5) is 4.39 Å². The van der Waals surface area contributed by atoms with Crippen LogP contribution >= 0.6 is 10.7 Å². The molecule has 15 heavy (non-hydrogen) atoms. The molecule has 0 heterocycles. The zero-order valence-corrected chi connectivity index (χ0v) is 9.78. The molecule has 0 aromatic heterocycles. The van der Waals surface area contributed by atoms with Crippen molar-refractivity contribution in [1.82, 2.24) is 0 Å². The maximum atomic E-state index is 13.9. The van der Waals surface area contributed by atoms with Crippen molar-refractivity contribution in [1.29, 1.82) is 0 Å². The van der Waals surface area contributed by atoms with Crippen molar-refractivity contribution in [2.24, 2.45) is 5.92 Å². The average molecular weight is 259 g/mol. The minimum Gasteiger partial charge on any atom is -0.469 e. The fraction of sp³-hybridized carbons (Fsp3) is 0.875. The van der Waals surface area contributed by atoms with Crippen LogP contribution in [0.2, 0.25) is 0 Å². The lowest BCUT2D eigenvalue weighted by Gasteiger charge is -2.16. The lowest BCUT2D eigenvalue weighted by Crippen LogP contribution is -2.28. The molecule has 1 fully saturated rings. The predicted molar refractivity (Wildman–Crippen MR) is 52.8 cm³/mol. The third-order valence-corrected chi connectivity index (χ3v) is 3.71. The maximum Gasteiger partial charge on any atom is 0.308 e. The molecule has 0 unspecified atom stereocenters. The summed E-state index contributed by atoms with van der Waals surface area (Å²) in [4.78, 5) is 11.1. The van der Waals surface area contributed by atoms with Gasteiger partial charge in [-0.05, 0) is 19.3 Å². The fourth-order valence-corrected chi connectivity index (χ4v) is 3.35. The van der Waals surface area contributed by atoms with Gasteiger partial charge in [0.25, 0.3) is 0 Å². The molecule has 1 aliphatic rings. The molecular formula is C8H12ClFO4S. The van der Waals surface area contributed by atoms with Crippen molar-refractivity contribution in [2.45, 2.75) is 24.9 Å². The Morgan fingerprint density at radius 1 is 1.67 bits per heavy atom. The van der Waals surface area contributed by atoms with E-state index in [4.69, 9.17) is 10.7 Å². The second kappa shape index (κ2) is 4.25. The maximum absolute atomic E-state index is 13.9. The number of carbonyl (C=O) groups is 1. The summed E-state index contributed by atoms with van der Waals surface area (Å²) in [6.07, 6.45) is 0.194. The molecule has 1 saturated carbocycles. The van der Waals surface area contributed by atoms with Gasteiger partial charge in [0.1, 0.15) is 5.67 Å². The van der Waals surface area contributed by atoms with E-state index in [1.807, 2.05) is 0 Å². The number of hydrogen-bond donors (Lipinski definition) is 0. The molecule has 0 spiro atoms.